The number of morpholine rings is 1. The van der Waals surface area contributed by atoms with Crippen molar-refractivity contribution in [1.29, 1.82) is 0 Å². The van der Waals surface area contributed by atoms with Gasteiger partial charge >= 0.3 is 5.97 Å². The predicted molar refractivity (Wildman–Crippen MR) is 73.0 cm³/mol. The van der Waals surface area contributed by atoms with Crippen LogP contribution in [0, 0.1) is 5.21 Å². The van der Waals surface area contributed by atoms with Crippen LogP contribution in [0.2, 0.25) is 0 Å². The van der Waals surface area contributed by atoms with Gasteiger partial charge in [-0.15, -0.1) is 0 Å². The van der Waals surface area contributed by atoms with Crippen molar-refractivity contribution in [3.63, 3.8) is 0 Å². The Morgan fingerprint density at radius 1 is 1.35 bits per heavy atom. The standard InChI is InChI=1S/C14H20N2O4/c15-13(16(18)6-8-19-9-7-16)10-14(17)20-11-12-4-2-1-3-5-12/h1-5,13H,6-11,15H2. The third kappa shape index (κ3) is 4.01. The van der Waals surface area contributed by atoms with Crippen molar-refractivity contribution in [3.05, 3.63) is 41.1 Å². The van der Waals surface area contributed by atoms with E-state index in [0.717, 1.165) is 5.56 Å². The molecular weight excluding hydrogens is 260 g/mol. The number of nitrogens with two attached hydrogens (primary N) is 1. The van der Waals surface area contributed by atoms with Gasteiger partial charge in [0.25, 0.3) is 0 Å². The Morgan fingerprint density at radius 3 is 2.65 bits per heavy atom. The van der Waals surface area contributed by atoms with Gasteiger partial charge in [-0.25, -0.2) is 0 Å². The predicted octanol–water partition coefficient (Wildman–Crippen LogP) is 0.749. The maximum atomic E-state index is 12.4. The fourth-order valence-corrected chi connectivity index (χ4v) is 2.12. The van der Waals surface area contributed by atoms with E-state index >= 15 is 0 Å². The molecule has 1 aliphatic heterocycles. The Balaban J connectivity index is 1.79. The molecule has 1 atom stereocenters. The van der Waals surface area contributed by atoms with Crippen LogP contribution in [0.1, 0.15) is 12.0 Å². The van der Waals surface area contributed by atoms with E-state index in [1.165, 1.54) is 0 Å². The summed E-state index contributed by atoms with van der Waals surface area (Å²) in [6, 6.07) is 9.39. The molecule has 0 aliphatic carbocycles. The highest BCUT2D eigenvalue weighted by atomic mass is 16.6. The lowest BCUT2D eigenvalue weighted by Gasteiger charge is -2.48. The van der Waals surface area contributed by atoms with E-state index in [-0.39, 0.29) is 26.1 Å². The van der Waals surface area contributed by atoms with Crippen LogP contribution in [0.3, 0.4) is 0 Å². The van der Waals surface area contributed by atoms with Crippen molar-refractivity contribution in [2.24, 2.45) is 5.73 Å². The number of carbonyl (C=O) groups excluding carboxylic acids is 1. The smallest absolute Gasteiger partial charge is 0.313 e. The monoisotopic (exact) mass is 280 g/mol. The van der Waals surface area contributed by atoms with Crippen LogP contribution in [0.25, 0.3) is 0 Å². The zero-order valence-electron chi connectivity index (χ0n) is 11.4. The summed E-state index contributed by atoms with van der Waals surface area (Å²) in [5, 5.41) is 12.4. The Kier molecular flexibility index (Phi) is 5.08. The van der Waals surface area contributed by atoms with E-state index in [1.807, 2.05) is 30.3 Å². The lowest BCUT2D eigenvalue weighted by Crippen LogP contribution is -2.61. The first kappa shape index (κ1) is 14.9. The van der Waals surface area contributed by atoms with Crippen LogP contribution in [0.15, 0.2) is 30.3 Å². The van der Waals surface area contributed by atoms with Gasteiger partial charge in [0.1, 0.15) is 26.1 Å². The number of hydroxylamine groups is 3. The van der Waals surface area contributed by atoms with Crippen LogP contribution < -0.4 is 5.73 Å². The Hall–Kier alpha value is -1.47. The van der Waals surface area contributed by atoms with Gasteiger partial charge in [-0.3, -0.25) is 10.5 Å². The van der Waals surface area contributed by atoms with Crippen LogP contribution >= 0.6 is 0 Å². The van der Waals surface area contributed by atoms with Crippen molar-refractivity contribution in [3.8, 4) is 0 Å². The maximum absolute atomic E-state index is 12.4. The molecule has 2 rings (SSSR count). The topological polar surface area (TPSA) is 84.6 Å². The third-order valence-electron chi connectivity index (χ3n) is 3.45. The van der Waals surface area contributed by atoms with E-state index in [2.05, 4.69) is 0 Å². The second-order valence-electron chi connectivity index (χ2n) is 4.93. The second-order valence-corrected chi connectivity index (χ2v) is 4.93. The van der Waals surface area contributed by atoms with Crippen LogP contribution in [-0.2, 0) is 20.9 Å². The first-order valence-electron chi connectivity index (χ1n) is 6.71. The molecule has 20 heavy (non-hydrogen) atoms. The van der Waals surface area contributed by atoms with Gasteiger partial charge < -0.3 is 19.3 Å². The van der Waals surface area contributed by atoms with Crippen molar-refractivity contribution in [2.45, 2.75) is 19.2 Å². The quantitative estimate of drug-likeness (QED) is 0.489. The summed E-state index contributed by atoms with van der Waals surface area (Å²) in [6.45, 7) is 1.54. The van der Waals surface area contributed by atoms with Crippen LogP contribution in [0.4, 0.5) is 0 Å². The molecule has 6 nitrogen and oxygen atoms in total. The molecule has 2 N–H and O–H groups in total. The van der Waals surface area contributed by atoms with Gasteiger partial charge in [-0.05, 0) is 5.56 Å². The average molecular weight is 280 g/mol. The van der Waals surface area contributed by atoms with Crippen molar-refractivity contribution < 1.29 is 18.9 Å². The van der Waals surface area contributed by atoms with Crippen LogP contribution in [-0.4, -0.2) is 43.1 Å². The Labute approximate surface area is 118 Å². The van der Waals surface area contributed by atoms with E-state index in [9.17, 15) is 10.0 Å². The van der Waals surface area contributed by atoms with Gasteiger partial charge in [0.05, 0.1) is 13.2 Å². The van der Waals surface area contributed by atoms with Crippen LogP contribution in [0.5, 0.6) is 0 Å². The van der Waals surface area contributed by atoms with E-state index in [1.54, 1.807) is 0 Å². The summed E-state index contributed by atoms with van der Waals surface area (Å²) in [4.78, 5) is 11.7. The highest BCUT2D eigenvalue weighted by Crippen LogP contribution is 2.15. The summed E-state index contributed by atoms with van der Waals surface area (Å²) < 4.78 is 9.69. The van der Waals surface area contributed by atoms with E-state index < -0.39 is 16.8 Å². The minimum Gasteiger partial charge on any atom is -0.632 e. The summed E-state index contributed by atoms with van der Waals surface area (Å²) in [7, 11) is 0. The lowest BCUT2D eigenvalue weighted by molar-refractivity contribution is -0.912. The molecule has 0 aromatic heterocycles. The number of esters is 1. The molecule has 0 saturated carbocycles. The number of carbonyl (C=O) groups is 1. The number of rotatable bonds is 5. The number of hydrogen-bond acceptors (Lipinski definition) is 5. The van der Waals surface area contributed by atoms with Gasteiger partial charge in [0.2, 0.25) is 0 Å². The lowest BCUT2D eigenvalue weighted by atomic mass is 10.2. The first-order valence-corrected chi connectivity index (χ1v) is 6.71. The molecule has 1 saturated heterocycles. The molecule has 1 unspecified atom stereocenters. The molecule has 1 heterocycles. The minimum atomic E-state index is -0.790. The normalized spacial score (nSPS) is 19.3. The number of ether oxygens (including phenoxy) is 2. The molecule has 1 aromatic rings. The summed E-state index contributed by atoms with van der Waals surface area (Å²) in [5.41, 5.74) is 6.76. The fraction of sp³-hybridized carbons (Fsp3) is 0.500. The van der Waals surface area contributed by atoms with Gasteiger partial charge in [-0.2, -0.15) is 0 Å². The molecule has 110 valence electrons. The number of nitrogens with zero attached hydrogens (tertiary/aromatic N) is 1. The van der Waals surface area contributed by atoms with Crippen molar-refractivity contribution in [1.82, 2.24) is 0 Å². The molecule has 0 amide bonds. The first-order chi connectivity index (χ1) is 9.60. The summed E-state index contributed by atoms with van der Waals surface area (Å²) in [5.74, 6) is -0.443. The summed E-state index contributed by atoms with van der Waals surface area (Å²) in [6.07, 6.45) is -0.863. The zero-order valence-corrected chi connectivity index (χ0v) is 11.4. The molecule has 6 heteroatoms. The SMILES string of the molecule is NC(CC(=O)OCc1ccccc1)[N+]1([O-])CCOCC1. The average Bonchev–Trinajstić information content (AvgIpc) is 2.47. The van der Waals surface area contributed by atoms with E-state index in [4.69, 9.17) is 15.2 Å². The molecule has 1 aliphatic rings. The maximum Gasteiger partial charge on any atom is 0.313 e. The van der Waals surface area contributed by atoms with Gasteiger partial charge in [0.15, 0.2) is 6.17 Å². The Morgan fingerprint density at radius 2 is 2.00 bits per heavy atom. The third-order valence-corrected chi connectivity index (χ3v) is 3.45. The summed E-state index contributed by atoms with van der Waals surface area (Å²) >= 11 is 0. The molecule has 0 bridgehead atoms. The fourth-order valence-electron chi connectivity index (χ4n) is 2.12. The highest BCUT2D eigenvalue weighted by Gasteiger charge is 2.30. The molecule has 1 fully saturated rings. The molecule has 1 aromatic carbocycles. The largest absolute Gasteiger partial charge is 0.632 e. The zero-order chi connectivity index (χ0) is 14.4. The van der Waals surface area contributed by atoms with Gasteiger partial charge in [-0.1, -0.05) is 30.3 Å². The van der Waals surface area contributed by atoms with E-state index in [0.29, 0.717) is 13.2 Å². The number of quaternary nitrogens is 1. The molecule has 0 radical (unpaired) electrons. The van der Waals surface area contributed by atoms with Gasteiger partial charge in [0, 0.05) is 0 Å². The minimum absolute atomic E-state index is 0.0731. The molecular formula is C14H20N2O4. The Bertz CT molecular complexity index is 432. The van der Waals surface area contributed by atoms with Crippen molar-refractivity contribution in [2.75, 3.05) is 26.3 Å². The number of hydrogen-bond donors (Lipinski definition) is 1. The highest BCUT2D eigenvalue weighted by molar-refractivity contribution is 5.69. The van der Waals surface area contributed by atoms with Crippen molar-refractivity contribution >= 4 is 5.97 Å². The molecule has 0 spiro atoms. The number of benzene rings is 1. The second kappa shape index (κ2) is 6.81.